The van der Waals surface area contributed by atoms with Gasteiger partial charge in [0.15, 0.2) is 0 Å². The summed E-state index contributed by atoms with van der Waals surface area (Å²) in [6, 6.07) is 20.7. The number of benzene rings is 4. The number of rotatable bonds is 0. The van der Waals surface area contributed by atoms with E-state index in [0.717, 1.165) is 10.0 Å². The van der Waals surface area contributed by atoms with Crippen LogP contribution >= 0.6 is 48.6 Å². The van der Waals surface area contributed by atoms with E-state index in [2.05, 4.69) is 106 Å². The number of thiophene rings is 2. The summed E-state index contributed by atoms with van der Waals surface area (Å²) in [5, 5.41) is 14.8. The van der Waals surface area contributed by atoms with E-state index >= 15 is 0 Å². The molecule has 6 rings (SSSR count). The second-order valence-electron chi connectivity index (χ2n) is 8.70. The van der Waals surface area contributed by atoms with Crippen molar-refractivity contribution in [2.24, 2.45) is 0 Å². The van der Waals surface area contributed by atoms with Crippen LogP contribution in [0.15, 0.2) is 64.5 Å². The van der Waals surface area contributed by atoms with E-state index in [0.29, 0.717) is 0 Å². The molecule has 0 saturated carbocycles. The van der Waals surface area contributed by atoms with Gasteiger partial charge in [0.25, 0.3) is 0 Å². The lowest BCUT2D eigenvalue weighted by molar-refractivity contribution is 1.66. The highest BCUT2D eigenvalue weighted by Gasteiger charge is 2.11. The van der Waals surface area contributed by atoms with Crippen molar-refractivity contribution < 1.29 is 0 Å². The molecule has 31 heavy (non-hydrogen) atoms. The molecule has 6 aromatic rings. The second kappa shape index (κ2) is 6.98. The average molecular weight is 520 g/mol. The predicted octanol–water partition coefficient (Wildman–Crippen LogP) is 9.34. The lowest BCUT2D eigenvalue weighted by atomic mass is 10.0. The SMILES string of the molecule is CS(C)(C)C#Cc1cc2cc3c(cc2cc1Br)sc1cc2cc4sccc4cc2cc13. The van der Waals surface area contributed by atoms with Crippen molar-refractivity contribution >= 4 is 100 Å². The van der Waals surface area contributed by atoms with Crippen LogP contribution in [0.3, 0.4) is 0 Å². The van der Waals surface area contributed by atoms with E-state index in [9.17, 15) is 0 Å². The summed E-state index contributed by atoms with van der Waals surface area (Å²) < 4.78 is 5.12. The topological polar surface area (TPSA) is 0 Å². The van der Waals surface area contributed by atoms with E-state index < -0.39 is 10.0 Å². The Hall–Kier alpha value is -2.03. The van der Waals surface area contributed by atoms with Crippen LogP contribution in [0.25, 0.3) is 51.8 Å². The van der Waals surface area contributed by atoms with Gasteiger partial charge in [-0.25, -0.2) is 0 Å². The van der Waals surface area contributed by atoms with E-state index in [4.69, 9.17) is 0 Å². The third-order valence-electron chi connectivity index (χ3n) is 5.54. The standard InChI is InChI=1S/C27H19BrS3/c1-31(2,3)7-5-16-8-18-10-22-23-11-19-9-17-4-6-29-25(17)13-21(19)15-27(23)30-26(22)14-20(18)12-24(16)28/h4,6,8-15H,1-3H3. The molecule has 4 aromatic carbocycles. The van der Waals surface area contributed by atoms with Gasteiger partial charge in [0, 0.05) is 34.9 Å². The van der Waals surface area contributed by atoms with Crippen molar-refractivity contribution in [1.82, 2.24) is 0 Å². The largest absolute Gasteiger partial charge is 0.186 e. The maximum absolute atomic E-state index is 3.74. The molecule has 0 spiro atoms. The molecule has 0 atom stereocenters. The molecule has 4 heteroatoms. The van der Waals surface area contributed by atoms with Crippen molar-refractivity contribution in [2.75, 3.05) is 18.8 Å². The highest BCUT2D eigenvalue weighted by Crippen LogP contribution is 2.40. The van der Waals surface area contributed by atoms with Crippen LogP contribution in [0.2, 0.25) is 0 Å². The first-order valence-electron chi connectivity index (χ1n) is 9.96. The van der Waals surface area contributed by atoms with Gasteiger partial charge < -0.3 is 0 Å². The van der Waals surface area contributed by atoms with Gasteiger partial charge in [0.05, 0.1) is 0 Å². The summed E-state index contributed by atoms with van der Waals surface area (Å²) in [5.41, 5.74) is 1.07. The minimum Gasteiger partial charge on any atom is -0.186 e. The molecule has 0 fully saturated rings. The fourth-order valence-electron chi connectivity index (χ4n) is 4.05. The van der Waals surface area contributed by atoms with Crippen molar-refractivity contribution in [3.05, 3.63) is 70.0 Å². The predicted molar refractivity (Wildman–Crippen MR) is 150 cm³/mol. The molecule has 0 aliphatic heterocycles. The Morgan fingerprint density at radius 1 is 0.710 bits per heavy atom. The molecule has 152 valence electrons. The van der Waals surface area contributed by atoms with Crippen LogP contribution in [0.4, 0.5) is 0 Å². The van der Waals surface area contributed by atoms with Crippen molar-refractivity contribution in [3.63, 3.8) is 0 Å². The summed E-state index contributed by atoms with van der Waals surface area (Å²) in [5.74, 6) is 3.41. The smallest absolute Gasteiger partial charge is 0.0402 e. The van der Waals surface area contributed by atoms with Gasteiger partial charge in [0.2, 0.25) is 0 Å². The molecule has 0 saturated heterocycles. The fraction of sp³-hybridized carbons (Fsp3) is 0.111. The summed E-state index contributed by atoms with van der Waals surface area (Å²) in [6.45, 7) is 0. The van der Waals surface area contributed by atoms with Crippen LogP contribution in [-0.2, 0) is 0 Å². The second-order valence-corrected chi connectivity index (χ2v) is 15.5. The molecule has 0 nitrogen and oxygen atoms in total. The minimum absolute atomic E-state index is 0.859. The Labute approximate surface area is 199 Å². The Kier molecular flexibility index (Phi) is 4.43. The first kappa shape index (κ1) is 19.6. The van der Waals surface area contributed by atoms with Crippen LogP contribution in [-0.4, -0.2) is 18.8 Å². The maximum Gasteiger partial charge on any atom is 0.0402 e. The van der Waals surface area contributed by atoms with Gasteiger partial charge in [-0.2, -0.15) is 10.0 Å². The zero-order valence-electron chi connectivity index (χ0n) is 17.4. The number of fused-ring (bicyclic) bond motifs is 6. The number of hydrogen-bond donors (Lipinski definition) is 0. The van der Waals surface area contributed by atoms with Gasteiger partial charge >= 0.3 is 0 Å². The lowest BCUT2D eigenvalue weighted by Crippen LogP contribution is -1.86. The van der Waals surface area contributed by atoms with Gasteiger partial charge in [-0.1, -0.05) is 5.92 Å². The van der Waals surface area contributed by atoms with Gasteiger partial charge in [-0.15, -0.1) is 22.7 Å². The van der Waals surface area contributed by atoms with E-state index in [-0.39, 0.29) is 0 Å². The van der Waals surface area contributed by atoms with E-state index in [1.165, 1.54) is 51.8 Å². The Bertz CT molecular complexity index is 1730. The van der Waals surface area contributed by atoms with Crippen LogP contribution in [0, 0.1) is 11.2 Å². The first-order chi connectivity index (χ1) is 14.8. The molecular formula is C27H19BrS3. The number of halogens is 1. The molecule has 0 N–H and O–H groups in total. The third-order valence-corrected chi connectivity index (χ3v) is 8.90. The Balaban J connectivity index is 1.62. The van der Waals surface area contributed by atoms with Crippen LogP contribution in [0.1, 0.15) is 5.56 Å². The molecule has 2 aromatic heterocycles. The Morgan fingerprint density at radius 3 is 2.03 bits per heavy atom. The molecule has 0 bridgehead atoms. The summed E-state index contributed by atoms with van der Waals surface area (Å²) in [7, 11) is -0.859. The summed E-state index contributed by atoms with van der Waals surface area (Å²) >= 11 is 7.44. The van der Waals surface area contributed by atoms with Crippen LogP contribution in [0.5, 0.6) is 0 Å². The number of hydrogen-bond acceptors (Lipinski definition) is 2. The van der Waals surface area contributed by atoms with E-state index in [1.54, 1.807) is 0 Å². The summed E-state index contributed by atoms with van der Waals surface area (Å²) in [6.07, 6.45) is 6.68. The van der Waals surface area contributed by atoms with E-state index in [1.807, 2.05) is 22.7 Å². The van der Waals surface area contributed by atoms with Gasteiger partial charge in [-0.3, -0.25) is 0 Å². The third kappa shape index (κ3) is 3.45. The zero-order chi connectivity index (χ0) is 21.3. The molecule has 0 aliphatic rings. The highest BCUT2D eigenvalue weighted by molar-refractivity contribution is 9.10. The van der Waals surface area contributed by atoms with Crippen molar-refractivity contribution in [1.29, 1.82) is 0 Å². The van der Waals surface area contributed by atoms with Crippen molar-refractivity contribution in [2.45, 2.75) is 0 Å². The Morgan fingerprint density at radius 2 is 1.32 bits per heavy atom. The monoisotopic (exact) mass is 518 g/mol. The molecule has 0 aliphatic carbocycles. The van der Waals surface area contributed by atoms with Crippen LogP contribution < -0.4 is 0 Å². The molecule has 0 unspecified atom stereocenters. The normalized spacial score (nSPS) is 12.8. The van der Waals surface area contributed by atoms with Gasteiger partial charge in [-0.05, 0) is 127 Å². The average Bonchev–Trinajstić information content (AvgIpc) is 3.29. The maximum atomic E-state index is 3.74. The molecule has 2 heterocycles. The molecule has 0 amide bonds. The lowest BCUT2D eigenvalue weighted by Gasteiger charge is -2.15. The molecular weight excluding hydrogens is 500 g/mol. The fourth-order valence-corrected chi connectivity index (χ4v) is 6.91. The first-order valence-corrected chi connectivity index (χ1v) is 15.3. The van der Waals surface area contributed by atoms with Crippen molar-refractivity contribution in [3.8, 4) is 11.2 Å². The quantitative estimate of drug-likeness (QED) is 0.175. The summed E-state index contributed by atoms with van der Waals surface area (Å²) in [4.78, 5) is 0. The highest BCUT2D eigenvalue weighted by atomic mass is 79.9. The molecule has 0 radical (unpaired) electrons. The van der Waals surface area contributed by atoms with Gasteiger partial charge in [0.1, 0.15) is 0 Å². The zero-order valence-corrected chi connectivity index (χ0v) is 21.4. The minimum atomic E-state index is -0.859.